The minimum atomic E-state index is -0.485. The van der Waals surface area contributed by atoms with Gasteiger partial charge in [0.1, 0.15) is 0 Å². The lowest BCUT2D eigenvalue weighted by atomic mass is 9.95. The minimum absolute atomic E-state index is 0.0443. The number of carbonyl (C=O) groups excluding carboxylic acids is 1. The SMILES string of the molecule is Cc1ccc(-c2cn3nc(-c4ccc[nH]c4=O)ccc3n2)cc1NC(=O)C(C)(C)C. The molecular weight excluding hydrogens is 378 g/mol. The number of aromatic amines is 1. The molecule has 0 aliphatic carbocycles. The van der Waals surface area contributed by atoms with Crippen molar-refractivity contribution in [1.29, 1.82) is 0 Å². The molecule has 1 aromatic carbocycles. The summed E-state index contributed by atoms with van der Waals surface area (Å²) in [6, 6.07) is 12.9. The van der Waals surface area contributed by atoms with E-state index in [0.717, 1.165) is 22.5 Å². The van der Waals surface area contributed by atoms with Gasteiger partial charge in [0.05, 0.1) is 23.1 Å². The Morgan fingerprint density at radius 1 is 1.10 bits per heavy atom. The summed E-state index contributed by atoms with van der Waals surface area (Å²) in [5, 5.41) is 7.54. The maximum Gasteiger partial charge on any atom is 0.257 e. The first-order valence-corrected chi connectivity index (χ1v) is 9.69. The van der Waals surface area contributed by atoms with Crippen LogP contribution < -0.4 is 10.9 Å². The number of hydrogen-bond acceptors (Lipinski definition) is 4. The van der Waals surface area contributed by atoms with Crippen LogP contribution in [0.2, 0.25) is 0 Å². The van der Waals surface area contributed by atoms with E-state index in [4.69, 9.17) is 0 Å². The van der Waals surface area contributed by atoms with Crippen LogP contribution in [0.25, 0.3) is 28.2 Å². The van der Waals surface area contributed by atoms with E-state index < -0.39 is 5.41 Å². The van der Waals surface area contributed by atoms with E-state index in [1.165, 1.54) is 0 Å². The topological polar surface area (TPSA) is 92.2 Å². The van der Waals surface area contributed by atoms with Crippen LogP contribution in [0.4, 0.5) is 5.69 Å². The van der Waals surface area contributed by atoms with E-state index in [2.05, 4.69) is 20.4 Å². The Balaban J connectivity index is 1.72. The first-order chi connectivity index (χ1) is 14.2. The Morgan fingerprint density at radius 2 is 1.90 bits per heavy atom. The zero-order valence-corrected chi connectivity index (χ0v) is 17.4. The molecule has 0 spiro atoms. The molecule has 152 valence electrons. The van der Waals surface area contributed by atoms with Crippen LogP contribution in [-0.2, 0) is 4.79 Å². The molecule has 0 aliphatic heterocycles. The van der Waals surface area contributed by atoms with Gasteiger partial charge in [0, 0.05) is 22.9 Å². The third-order valence-corrected chi connectivity index (χ3v) is 4.88. The number of nitrogens with one attached hydrogen (secondary N) is 2. The number of anilines is 1. The molecule has 2 N–H and O–H groups in total. The summed E-state index contributed by atoms with van der Waals surface area (Å²) >= 11 is 0. The first-order valence-electron chi connectivity index (χ1n) is 9.69. The second kappa shape index (κ2) is 7.26. The molecule has 4 rings (SSSR count). The number of carbonyl (C=O) groups is 1. The number of benzene rings is 1. The van der Waals surface area contributed by atoms with E-state index in [1.807, 2.05) is 58.2 Å². The quantitative estimate of drug-likeness (QED) is 0.542. The molecule has 7 nitrogen and oxygen atoms in total. The van der Waals surface area contributed by atoms with Crippen LogP contribution in [0, 0.1) is 12.3 Å². The molecular formula is C23H23N5O2. The highest BCUT2D eigenvalue weighted by Crippen LogP contribution is 2.27. The summed E-state index contributed by atoms with van der Waals surface area (Å²) in [7, 11) is 0. The largest absolute Gasteiger partial charge is 0.329 e. The van der Waals surface area contributed by atoms with Gasteiger partial charge in [0.15, 0.2) is 5.65 Å². The van der Waals surface area contributed by atoms with E-state index in [9.17, 15) is 9.59 Å². The Morgan fingerprint density at radius 3 is 2.63 bits per heavy atom. The summed E-state index contributed by atoms with van der Waals surface area (Å²) in [5.41, 5.74) is 4.39. The number of amides is 1. The number of rotatable bonds is 3. The highest BCUT2D eigenvalue weighted by Gasteiger charge is 2.22. The van der Waals surface area contributed by atoms with Crippen molar-refractivity contribution < 1.29 is 4.79 Å². The lowest BCUT2D eigenvalue weighted by Crippen LogP contribution is -2.27. The number of fused-ring (bicyclic) bond motifs is 1. The molecule has 0 fully saturated rings. The Bertz CT molecular complexity index is 1310. The van der Waals surface area contributed by atoms with Gasteiger partial charge in [-0.2, -0.15) is 5.10 Å². The average molecular weight is 401 g/mol. The molecule has 4 aromatic rings. The van der Waals surface area contributed by atoms with Crippen LogP contribution >= 0.6 is 0 Å². The molecule has 30 heavy (non-hydrogen) atoms. The van der Waals surface area contributed by atoms with Gasteiger partial charge in [-0.3, -0.25) is 9.59 Å². The fourth-order valence-corrected chi connectivity index (χ4v) is 3.01. The molecule has 0 atom stereocenters. The van der Waals surface area contributed by atoms with Gasteiger partial charge in [-0.25, -0.2) is 9.50 Å². The molecule has 0 saturated heterocycles. The molecule has 0 unspecified atom stereocenters. The number of aryl methyl sites for hydroxylation is 1. The monoisotopic (exact) mass is 401 g/mol. The highest BCUT2D eigenvalue weighted by molar-refractivity contribution is 5.95. The number of imidazole rings is 1. The number of hydrogen-bond donors (Lipinski definition) is 2. The molecule has 3 heterocycles. The van der Waals surface area contributed by atoms with Gasteiger partial charge in [0.2, 0.25) is 5.91 Å². The van der Waals surface area contributed by atoms with Gasteiger partial charge in [-0.1, -0.05) is 32.9 Å². The summed E-state index contributed by atoms with van der Waals surface area (Å²) in [6.07, 6.45) is 3.41. The van der Waals surface area contributed by atoms with Crippen LogP contribution in [-0.4, -0.2) is 25.5 Å². The van der Waals surface area contributed by atoms with E-state index >= 15 is 0 Å². The van der Waals surface area contributed by atoms with E-state index in [1.54, 1.807) is 28.9 Å². The molecule has 0 bridgehead atoms. The molecule has 0 saturated carbocycles. The Labute approximate surface area is 173 Å². The van der Waals surface area contributed by atoms with Crippen LogP contribution in [0.3, 0.4) is 0 Å². The van der Waals surface area contributed by atoms with Crippen molar-refractivity contribution in [3.63, 3.8) is 0 Å². The predicted octanol–water partition coefficient (Wildman–Crippen LogP) is 4.04. The van der Waals surface area contributed by atoms with Crippen molar-refractivity contribution in [3.05, 3.63) is 70.8 Å². The zero-order valence-electron chi connectivity index (χ0n) is 17.4. The zero-order chi connectivity index (χ0) is 21.5. The smallest absolute Gasteiger partial charge is 0.257 e. The van der Waals surface area contributed by atoms with Crippen LogP contribution in [0.1, 0.15) is 26.3 Å². The average Bonchev–Trinajstić information content (AvgIpc) is 3.12. The van der Waals surface area contributed by atoms with Gasteiger partial charge < -0.3 is 10.3 Å². The van der Waals surface area contributed by atoms with Crippen molar-refractivity contribution in [1.82, 2.24) is 19.6 Å². The second-order valence-electron chi connectivity index (χ2n) is 8.29. The Hall–Kier alpha value is -3.74. The van der Waals surface area contributed by atoms with Gasteiger partial charge >= 0.3 is 0 Å². The third kappa shape index (κ3) is 3.74. The standard InChI is InChI=1S/C23H23N5O2/c1-14-7-8-15(12-18(14)26-22(30)23(2,3)4)19-13-28-20(25-19)10-9-17(27-28)16-6-5-11-24-21(16)29/h5-13H,1-4H3,(H,24,29)(H,26,30). The third-order valence-electron chi connectivity index (χ3n) is 4.88. The maximum atomic E-state index is 12.4. The first kappa shape index (κ1) is 19.6. The molecule has 1 amide bonds. The van der Waals surface area contributed by atoms with Crippen molar-refractivity contribution in [3.8, 4) is 22.5 Å². The fraction of sp³-hybridized carbons (Fsp3) is 0.217. The Kier molecular flexibility index (Phi) is 4.73. The summed E-state index contributed by atoms with van der Waals surface area (Å²) in [4.78, 5) is 31.8. The predicted molar refractivity (Wildman–Crippen MR) is 117 cm³/mol. The van der Waals surface area contributed by atoms with Crippen molar-refractivity contribution in [2.45, 2.75) is 27.7 Å². The van der Waals surface area contributed by atoms with Gasteiger partial charge in [-0.05, 0) is 42.8 Å². The number of nitrogens with zero attached hydrogens (tertiary/aromatic N) is 3. The summed E-state index contributed by atoms with van der Waals surface area (Å²) in [6.45, 7) is 7.59. The number of aromatic nitrogens is 4. The summed E-state index contributed by atoms with van der Waals surface area (Å²) < 4.78 is 1.66. The lowest BCUT2D eigenvalue weighted by molar-refractivity contribution is -0.123. The highest BCUT2D eigenvalue weighted by atomic mass is 16.2. The molecule has 3 aromatic heterocycles. The fourth-order valence-electron chi connectivity index (χ4n) is 3.01. The maximum absolute atomic E-state index is 12.4. The second-order valence-corrected chi connectivity index (χ2v) is 8.29. The number of pyridine rings is 1. The molecule has 0 radical (unpaired) electrons. The van der Waals surface area contributed by atoms with Crippen molar-refractivity contribution in [2.75, 3.05) is 5.32 Å². The van der Waals surface area contributed by atoms with Crippen LogP contribution in [0.15, 0.2) is 59.7 Å². The molecule has 0 aliphatic rings. The minimum Gasteiger partial charge on any atom is -0.329 e. The van der Waals surface area contributed by atoms with Crippen LogP contribution in [0.5, 0.6) is 0 Å². The lowest BCUT2D eigenvalue weighted by Gasteiger charge is -2.19. The van der Waals surface area contributed by atoms with E-state index in [0.29, 0.717) is 16.9 Å². The van der Waals surface area contributed by atoms with Gasteiger partial charge in [-0.15, -0.1) is 0 Å². The summed E-state index contributed by atoms with van der Waals surface area (Å²) in [5.74, 6) is -0.0443. The van der Waals surface area contributed by atoms with E-state index in [-0.39, 0.29) is 11.5 Å². The van der Waals surface area contributed by atoms with Crippen molar-refractivity contribution in [2.24, 2.45) is 5.41 Å². The number of H-pyrrole nitrogens is 1. The molecule has 7 heteroatoms. The van der Waals surface area contributed by atoms with Crippen molar-refractivity contribution >= 4 is 17.2 Å². The normalized spacial score (nSPS) is 11.6. The van der Waals surface area contributed by atoms with Gasteiger partial charge in [0.25, 0.3) is 5.56 Å².